The van der Waals surface area contributed by atoms with E-state index >= 15 is 0 Å². The van der Waals surface area contributed by atoms with Gasteiger partial charge in [-0.05, 0) is 45.6 Å². The van der Waals surface area contributed by atoms with Gasteiger partial charge in [0.05, 0.1) is 5.92 Å². The minimum Gasteiger partial charge on any atom is -0.356 e. The number of hydrogen-bond donors (Lipinski definition) is 1. The van der Waals surface area contributed by atoms with E-state index in [4.69, 9.17) is 0 Å². The molecule has 1 fully saturated rings. The van der Waals surface area contributed by atoms with E-state index in [0.29, 0.717) is 19.5 Å². The fourth-order valence-corrected chi connectivity index (χ4v) is 2.73. The predicted octanol–water partition coefficient (Wildman–Crippen LogP) is 1.42. The Morgan fingerprint density at radius 3 is 2.77 bits per heavy atom. The van der Waals surface area contributed by atoms with Gasteiger partial charge in [-0.1, -0.05) is 18.2 Å². The van der Waals surface area contributed by atoms with Crippen molar-refractivity contribution in [1.29, 1.82) is 0 Å². The van der Waals surface area contributed by atoms with Crippen LogP contribution in [0, 0.1) is 12.8 Å². The Labute approximate surface area is 132 Å². The second-order valence-corrected chi connectivity index (χ2v) is 6.14. The molecule has 1 aliphatic heterocycles. The maximum absolute atomic E-state index is 12.2. The Balaban J connectivity index is 1.89. The molecule has 0 spiro atoms. The lowest BCUT2D eigenvalue weighted by molar-refractivity contribution is -0.126. The molecule has 1 N–H and O–H groups in total. The van der Waals surface area contributed by atoms with Crippen molar-refractivity contribution in [2.45, 2.75) is 19.8 Å². The summed E-state index contributed by atoms with van der Waals surface area (Å²) in [4.78, 5) is 28.2. The van der Waals surface area contributed by atoms with Gasteiger partial charge in [0.1, 0.15) is 0 Å². The molecule has 1 aromatic carbocycles. The molecular formula is C17H25N3O2. The minimum atomic E-state index is -0.244. The summed E-state index contributed by atoms with van der Waals surface area (Å²) in [5.74, 6) is -0.225. The van der Waals surface area contributed by atoms with Gasteiger partial charge in [-0.2, -0.15) is 0 Å². The van der Waals surface area contributed by atoms with Crippen LogP contribution >= 0.6 is 0 Å². The summed E-state index contributed by atoms with van der Waals surface area (Å²) < 4.78 is 0. The molecule has 0 saturated carbocycles. The minimum absolute atomic E-state index is 0.0109. The van der Waals surface area contributed by atoms with Gasteiger partial charge in [0.15, 0.2) is 0 Å². The molecule has 1 aliphatic rings. The highest BCUT2D eigenvalue weighted by atomic mass is 16.2. The highest BCUT2D eigenvalue weighted by molar-refractivity contribution is 6.00. The van der Waals surface area contributed by atoms with Crippen LogP contribution in [0.4, 0.5) is 5.69 Å². The van der Waals surface area contributed by atoms with Crippen molar-refractivity contribution in [3.05, 3.63) is 29.8 Å². The zero-order chi connectivity index (χ0) is 16.1. The van der Waals surface area contributed by atoms with E-state index in [2.05, 4.69) is 10.2 Å². The standard InChI is InChI=1S/C17H25N3O2/c1-13-7-4-5-8-15(13)20-12-14(11-16(20)21)17(22)18-9-6-10-19(2)3/h4-5,7-8,14H,6,9-12H2,1-3H3,(H,18,22)/t14-/m1/s1. The number of aryl methyl sites for hydroxylation is 1. The highest BCUT2D eigenvalue weighted by Gasteiger charge is 2.35. The molecule has 1 heterocycles. The first-order valence-corrected chi connectivity index (χ1v) is 7.77. The van der Waals surface area contributed by atoms with Gasteiger partial charge in [0, 0.05) is 25.2 Å². The summed E-state index contributed by atoms with van der Waals surface area (Å²) in [6.45, 7) is 4.06. The average Bonchev–Trinajstić information content (AvgIpc) is 2.86. The third-order valence-corrected chi connectivity index (χ3v) is 3.98. The van der Waals surface area contributed by atoms with E-state index in [1.165, 1.54) is 0 Å². The maximum Gasteiger partial charge on any atom is 0.227 e. The fourth-order valence-electron chi connectivity index (χ4n) is 2.73. The summed E-state index contributed by atoms with van der Waals surface area (Å²) in [5.41, 5.74) is 1.97. The van der Waals surface area contributed by atoms with Gasteiger partial charge in [-0.25, -0.2) is 0 Å². The highest BCUT2D eigenvalue weighted by Crippen LogP contribution is 2.27. The quantitative estimate of drug-likeness (QED) is 0.809. The van der Waals surface area contributed by atoms with E-state index in [0.717, 1.165) is 24.2 Å². The van der Waals surface area contributed by atoms with Crippen LogP contribution in [-0.2, 0) is 9.59 Å². The van der Waals surface area contributed by atoms with Crippen LogP contribution in [-0.4, -0.2) is 50.4 Å². The number of benzene rings is 1. The lowest BCUT2D eigenvalue weighted by atomic mass is 10.1. The van der Waals surface area contributed by atoms with Crippen LogP contribution in [0.5, 0.6) is 0 Å². The summed E-state index contributed by atoms with van der Waals surface area (Å²) in [5, 5.41) is 2.94. The van der Waals surface area contributed by atoms with Crippen molar-refractivity contribution in [2.24, 2.45) is 5.92 Å². The van der Waals surface area contributed by atoms with Crippen molar-refractivity contribution in [3.8, 4) is 0 Å². The molecule has 0 bridgehead atoms. The molecule has 5 heteroatoms. The normalized spacial score (nSPS) is 18.1. The number of anilines is 1. The number of nitrogens with zero attached hydrogens (tertiary/aromatic N) is 2. The summed E-state index contributed by atoms with van der Waals surface area (Å²) in [7, 11) is 4.02. The maximum atomic E-state index is 12.2. The zero-order valence-electron chi connectivity index (χ0n) is 13.6. The van der Waals surface area contributed by atoms with Crippen LogP contribution in [0.15, 0.2) is 24.3 Å². The number of rotatable bonds is 6. The summed E-state index contributed by atoms with van der Waals surface area (Å²) >= 11 is 0. The molecule has 22 heavy (non-hydrogen) atoms. The van der Waals surface area contributed by atoms with Gasteiger partial charge < -0.3 is 15.1 Å². The summed E-state index contributed by atoms with van der Waals surface area (Å²) in [6.07, 6.45) is 1.22. The number of amides is 2. The Kier molecular flexibility index (Phi) is 5.55. The smallest absolute Gasteiger partial charge is 0.227 e. The van der Waals surface area contributed by atoms with Gasteiger partial charge in [0.25, 0.3) is 0 Å². The molecule has 5 nitrogen and oxygen atoms in total. The SMILES string of the molecule is Cc1ccccc1N1C[C@H](C(=O)NCCCN(C)C)CC1=O. The first kappa shape index (κ1) is 16.5. The number of para-hydroxylation sites is 1. The number of hydrogen-bond acceptors (Lipinski definition) is 3. The fraction of sp³-hybridized carbons (Fsp3) is 0.529. The molecule has 0 unspecified atom stereocenters. The largest absolute Gasteiger partial charge is 0.356 e. The first-order chi connectivity index (χ1) is 10.5. The Morgan fingerprint density at radius 2 is 2.09 bits per heavy atom. The molecule has 1 aromatic rings. The topological polar surface area (TPSA) is 52.7 Å². The van der Waals surface area contributed by atoms with Gasteiger partial charge >= 0.3 is 0 Å². The van der Waals surface area contributed by atoms with Crippen molar-refractivity contribution in [2.75, 3.05) is 38.6 Å². The van der Waals surface area contributed by atoms with Crippen molar-refractivity contribution in [3.63, 3.8) is 0 Å². The number of nitrogens with one attached hydrogen (secondary N) is 1. The Morgan fingerprint density at radius 1 is 1.36 bits per heavy atom. The molecule has 1 atom stereocenters. The molecule has 0 radical (unpaired) electrons. The van der Waals surface area contributed by atoms with E-state index < -0.39 is 0 Å². The third kappa shape index (κ3) is 4.07. The van der Waals surface area contributed by atoms with Crippen LogP contribution in [0.25, 0.3) is 0 Å². The van der Waals surface area contributed by atoms with Crippen LogP contribution in [0.3, 0.4) is 0 Å². The number of carbonyl (C=O) groups is 2. The van der Waals surface area contributed by atoms with Crippen molar-refractivity contribution >= 4 is 17.5 Å². The van der Waals surface area contributed by atoms with Crippen LogP contribution in [0.2, 0.25) is 0 Å². The second kappa shape index (κ2) is 7.40. The first-order valence-electron chi connectivity index (χ1n) is 7.77. The molecule has 120 valence electrons. The monoisotopic (exact) mass is 303 g/mol. The molecular weight excluding hydrogens is 278 g/mol. The summed E-state index contributed by atoms with van der Waals surface area (Å²) in [6, 6.07) is 7.79. The lowest BCUT2D eigenvalue weighted by Gasteiger charge is -2.19. The van der Waals surface area contributed by atoms with Crippen LogP contribution in [0.1, 0.15) is 18.4 Å². The van der Waals surface area contributed by atoms with E-state index in [9.17, 15) is 9.59 Å². The van der Waals surface area contributed by atoms with Gasteiger partial charge in [-0.15, -0.1) is 0 Å². The van der Waals surface area contributed by atoms with Gasteiger partial charge in [-0.3, -0.25) is 9.59 Å². The Hall–Kier alpha value is -1.88. The van der Waals surface area contributed by atoms with E-state index in [-0.39, 0.29) is 17.7 Å². The lowest BCUT2D eigenvalue weighted by Crippen LogP contribution is -2.34. The molecule has 2 rings (SSSR count). The molecule has 2 amide bonds. The molecule has 0 aliphatic carbocycles. The van der Waals surface area contributed by atoms with E-state index in [1.54, 1.807) is 4.90 Å². The Bertz CT molecular complexity index is 542. The van der Waals surface area contributed by atoms with Crippen LogP contribution < -0.4 is 10.2 Å². The average molecular weight is 303 g/mol. The van der Waals surface area contributed by atoms with Gasteiger partial charge in [0.2, 0.25) is 11.8 Å². The van der Waals surface area contributed by atoms with E-state index in [1.807, 2.05) is 45.3 Å². The van der Waals surface area contributed by atoms with Crippen molar-refractivity contribution < 1.29 is 9.59 Å². The number of carbonyl (C=O) groups excluding carboxylic acids is 2. The zero-order valence-corrected chi connectivity index (χ0v) is 13.6. The third-order valence-electron chi connectivity index (χ3n) is 3.98. The second-order valence-electron chi connectivity index (χ2n) is 6.14. The predicted molar refractivity (Wildman–Crippen MR) is 87.8 cm³/mol. The van der Waals surface area contributed by atoms with Crippen molar-refractivity contribution in [1.82, 2.24) is 10.2 Å². The molecule has 0 aromatic heterocycles. The molecule has 1 saturated heterocycles.